The standard InChI is InChI=1S/C15H25NO3/c1-5-18-14-8-7-12(10-15(14)19-6-2)13(16)9-11(3)17-4/h7-8,10-11,13H,5-6,9,16H2,1-4H3. The first-order valence-electron chi connectivity index (χ1n) is 6.80. The predicted molar refractivity (Wildman–Crippen MR) is 76.8 cm³/mol. The van der Waals surface area contributed by atoms with Crippen LogP contribution in [-0.2, 0) is 4.74 Å². The molecule has 0 saturated carbocycles. The lowest BCUT2D eigenvalue weighted by Crippen LogP contribution is -2.18. The second-order valence-corrected chi connectivity index (χ2v) is 4.46. The van der Waals surface area contributed by atoms with E-state index in [9.17, 15) is 0 Å². The van der Waals surface area contributed by atoms with Gasteiger partial charge in [0, 0.05) is 13.2 Å². The van der Waals surface area contributed by atoms with Crippen molar-refractivity contribution in [2.24, 2.45) is 5.73 Å². The fourth-order valence-corrected chi connectivity index (χ4v) is 1.89. The molecule has 108 valence electrons. The van der Waals surface area contributed by atoms with Crippen LogP contribution in [0.5, 0.6) is 11.5 Å². The highest BCUT2D eigenvalue weighted by Crippen LogP contribution is 2.31. The van der Waals surface area contributed by atoms with Crippen molar-refractivity contribution in [1.29, 1.82) is 0 Å². The third-order valence-corrected chi connectivity index (χ3v) is 2.98. The molecular weight excluding hydrogens is 242 g/mol. The van der Waals surface area contributed by atoms with E-state index < -0.39 is 0 Å². The second-order valence-electron chi connectivity index (χ2n) is 4.46. The van der Waals surface area contributed by atoms with Crippen LogP contribution in [0, 0.1) is 0 Å². The van der Waals surface area contributed by atoms with Gasteiger partial charge in [0.05, 0.1) is 19.3 Å². The molecule has 1 rings (SSSR count). The van der Waals surface area contributed by atoms with Crippen molar-refractivity contribution < 1.29 is 14.2 Å². The maximum atomic E-state index is 6.18. The first-order valence-corrected chi connectivity index (χ1v) is 6.80. The number of hydrogen-bond acceptors (Lipinski definition) is 4. The van der Waals surface area contributed by atoms with Crippen LogP contribution in [0.25, 0.3) is 0 Å². The fraction of sp³-hybridized carbons (Fsp3) is 0.600. The maximum Gasteiger partial charge on any atom is 0.161 e. The molecule has 2 atom stereocenters. The zero-order valence-electron chi connectivity index (χ0n) is 12.3. The zero-order valence-corrected chi connectivity index (χ0v) is 12.3. The number of nitrogens with two attached hydrogens (primary N) is 1. The lowest BCUT2D eigenvalue weighted by Gasteiger charge is -2.18. The van der Waals surface area contributed by atoms with Crippen LogP contribution in [-0.4, -0.2) is 26.4 Å². The van der Waals surface area contributed by atoms with Gasteiger partial charge in [0.15, 0.2) is 11.5 Å². The van der Waals surface area contributed by atoms with E-state index in [-0.39, 0.29) is 12.1 Å². The number of ether oxygens (including phenoxy) is 3. The summed E-state index contributed by atoms with van der Waals surface area (Å²) in [5, 5.41) is 0. The lowest BCUT2D eigenvalue weighted by atomic mass is 10.0. The normalized spacial score (nSPS) is 13.9. The van der Waals surface area contributed by atoms with Gasteiger partial charge in [-0.2, -0.15) is 0 Å². The van der Waals surface area contributed by atoms with Crippen LogP contribution in [0.4, 0.5) is 0 Å². The van der Waals surface area contributed by atoms with Crippen LogP contribution in [0.15, 0.2) is 18.2 Å². The molecule has 0 aliphatic rings. The van der Waals surface area contributed by atoms with Crippen molar-refractivity contribution in [2.45, 2.75) is 39.3 Å². The molecule has 0 radical (unpaired) electrons. The number of methoxy groups -OCH3 is 1. The topological polar surface area (TPSA) is 53.7 Å². The Morgan fingerprint density at radius 2 is 1.74 bits per heavy atom. The minimum absolute atomic E-state index is 0.0650. The summed E-state index contributed by atoms with van der Waals surface area (Å²) in [6.07, 6.45) is 0.910. The van der Waals surface area contributed by atoms with Gasteiger partial charge < -0.3 is 19.9 Å². The highest BCUT2D eigenvalue weighted by atomic mass is 16.5. The zero-order chi connectivity index (χ0) is 14.3. The average Bonchev–Trinajstić information content (AvgIpc) is 2.41. The Bertz CT molecular complexity index is 382. The number of hydrogen-bond donors (Lipinski definition) is 1. The molecule has 0 saturated heterocycles. The molecule has 0 spiro atoms. The average molecular weight is 267 g/mol. The Balaban J connectivity index is 2.87. The summed E-state index contributed by atoms with van der Waals surface area (Å²) >= 11 is 0. The molecule has 0 aromatic heterocycles. The highest BCUT2D eigenvalue weighted by Gasteiger charge is 2.14. The molecule has 0 aliphatic heterocycles. The molecule has 1 aromatic carbocycles. The largest absolute Gasteiger partial charge is 0.490 e. The molecule has 0 fully saturated rings. The van der Waals surface area contributed by atoms with Crippen LogP contribution >= 0.6 is 0 Å². The van der Waals surface area contributed by atoms with Crippen molar-refractivity contribution in [3.8, 4) is 11.5 Å². The van der Waals surface area contributed by atoms with E-state index in [1.807, 2.05) is 39.0 Å². The summed E-state index contributed by atoms with van der Waals surface area (Å²) in [6.45, 7) is 7.14. The van der Waals surface area contributed by atoms with Gasteiger partial charge in [-0.1, -0.05) is 6.07 Å². The molecule has 0 aliphatic carbocycles. The molecule has 0 heterocycles. The Morgan fingerprint density at radius 3 is 2.32 bits per heavy atom. The summed E-state index contributed by atoms with van der Waals surface area (Å²) in [6, 6.07) is 5.80. The Labute approximate surface area is 115 Å². The first kappa shape index (κ1) is 15.8. The molecular formula is C15H25NO3. The smallest absolute Gasteiger partial charge is 0.161 e. The Morgan fingerprint density at radius 1 is 1.11 bits per heavy atom. The van der Waals surface area contributed by atoms with Crippen LogP contribution < -0.4 is 15.2 Å². The van der Waals surface area contributed by atoms with Gasteiger partial charge in [0.25, 0.3) is 0 Å². The van der Waals surface area contributed by atoms with E-state index in [4.69, 9.17) is 19.9 Å². The van der Waals surface area contributed by atoms with Crippen molar-refractivity contribution in [3.05, 3.63) is 23.8 Å². The van der Waals surface area contributed by atoms with Crippen molar-refractivity contribution in [2.75, 3.05) is 20.3 Å². The summed E-state index contributed by atoms with van der Waals surface area (Å²) in [5.41, 5.74) is 7.22. The molecule has 19 heavy (non-hydrogen) atoms. The molecule has 0 amide bonds. The van der Waals surface area contributed by atoms with Gasteiger partial charge in [0.2, 0.25) is 0 Å². The van der Waals surface area contributed by atoms with Gasteiger partial charge in [-0.25, -0.2) is 0 Å². The van der Waals surface area contributed by atoms with E-state index in [2.05, 4.69) is 0 Å². The fourth-order valence-electron chi connectivity index (χ4n) is 1.89. The third kappa shape index (κ3) is 4.73. The summed E-state index contributed by atoms with van der Waals surface area (Å²) < 4.78 is 16.4. The molecule has 0 bridgehead atoms. The quantitative estimate of drug-likeness (QED) is 0.787. The Hall–Kier alpha value is -1.26. The molecule has 2 unspecified atom stereocenters. The van der Waals surface area contributed by atoms with E-state index in [0.717, 1.165) is 23.5 Å². The van der Waals surface area contributed by atoms with Crippen molar-refractivity contribution in [3.63, 3.8) is 0 Å². The van der Waals surface area contributed by atoms with E-state index in [1.54, 1.807) is 7.11 Å². The van der Waals surface area contributed by atoms with Gasteiger partial charge in [-0.15, -0.1) is 0 Å². The van der Waals surface area contributed by atoms with Gasteiger partial charge in [0.1, 0.15) is 0 Å². The summed E-state index contributed by atoms with van der Waals surface area (Å²) in [7, 11) is 1.70. The van der Waals surface area contributed by atoms with Gasteiger partial charge >= 0.3 is 0 Å². The van der Waals surface area contributed by atoms with E-state index in [1.165, 1.54) is 0 Å². The minimum Gasteiger partial charge on any atom is -0.490 e. The number of benzene rings is 1. The molecule has 4 nitrogen and oxygen atoms in total. The SMILES string of the molecule is CCOc1ccc(C(N)CC(C)OC)cc1OCC. The summed E-state index contributed by atoms with van der Waals surface area (Å²) in [4.78, 5) is 0. The molecule has 4 heteroatoms. The van der Waals surface area contributed by atoms with Crippen LogP contribution in [0.2, 0.25) is 0 Å². The summed E-state index contributed by atoms with van der Waals surface area (Å²) in [5.74, 6) is 1.52. The van der Waals surface area contributed by atoms with E-state index >= 15 is 0 Å². The van der Waals surface area contributed by atoms with Gasteiger partial charge in [-0.3, -0.25) is 0 Å². The minimum atomic E-state index is -0.0650. The van der Waals surface area contributed by atoms with Crippen LogP contribution in [0.1, 0.15) is 38.8 Å². The number of rotatable bonds is 8. The maximum absolute atomic E-state index is 6.18. The second kappa shape index (κ2) is 8.02. The van der Waals surface area contributed by atoms with Crippen molar-refractivity contribution in [1.82, 2.24) is 0 Å². The molecule has 2 N–H and O–H groups in total. The first-order chi connectivity index (χ1) is 9.12. The van der Waals surface area contributed by atoms with Crippen molar-refractivity contribution >= 4 is 0 Å². The molecule has 1 aromatic rings. The van der Waals surface area contributed by atoms with E-state index in [0.29, 0.717) is 13.2 Å². The van der Waals surface area contributed by atoms with Crippen LogP contribution in [0.3, 0.4) is 0 Å². The van der Waals surface area contributed by atoms with Gasteiger partial charge in [-0.05, 0) is 44.9 Å². The monoisotopic (exact) mass is 267 g/mol. The third-order valence-electron chi connectivity index (χ3n) is 2.98. The Kier molecular flexibility index (Phi) is 6.67. The highest BCUT2D eigenvalue weighted by molar-refractivity contribution is 5.43. The predicted octanol–water partition coefficient (Wildman–Crippen LogP) is 2.91. The lowest BCUT2D eigenvalue weighted by molar-refractivity contribution is 0.104.